The summed E-state index contributed by atoms with van der Waals surface area (Å²) in [6.45, 7) is 2.49. The van der Waals surface area contributed by atoms with Crippen molar-refractivity contribution in [3.63, 3.8) is 0 Å². The molecule has 1 N–H and O–H groups in total. The minimum absolute atomic E-state index is 0.112. The first kappa shape index (κ1) is 10.4. The molecule has 0 heterocycles. The van der Waals surface area contributed by atoms with Gasteiger partial charge in [0.25, 0.3) is 0 Å². The topological polar surface area (TPSA) is 30.5 Å². The Balaban J connectivity index is 3.61. The molecule has 0 aromatic carbocycles. The van der Waals surface area contributed by atoms with Crippen LogP contribution in [0.4, 0.5) is 0 Å². The van der Waals surface area contributed by atoms with E-state index in [0.29, 0.717) is 6.54 Å². The number of hydrogen-bond acceptors (Lipinski definition) is 3. The highest BCUT2D eigenvalue weighted by molar-refractivity contribution is 4.87. The molecule has 0 rings (SSSR count). The Bertz CT molecular complexity index is 127. The molecule has 0 saturated carbocycles. The van der Waals surface area contributed by atoms with Crippen LogP contribution in [0.2, 0.25) is 0 Å². The fourth-order valence-electron chi connectivity index (χ4n) is 0.821. The molecule has 0 radical (unpaired) electrons. The fourth-order valence-corrected chi connectivity index (χ4v) is 0.821. The van der Waals surface area contributed by atoms with Gasteiger partial charge in [0.15, 0.2) is 6.29 Å². The van der Waals surface area contributed by atoms with Crippen LogP contribution in [0.15, 0.2) is 0 Å². The molecule has 0 spiro atoms. The minimum atomic E-state index is -0.233. The second-order valence-electron chi connectivity index (χ2n) is 2.21. The Morgan fingerprint density at radius 3 is 2.36 bits per heavy atom. The van der Waals surface area contributed by atoms with Crippen molar-refractivity contribution in [2.75, 3.05) is 20.8 Å². The first-order valence-corrected chi connectivity index (χ1v) is 3.48. The van der Waals surface area contributed by atoms with Gasteiger partial charge in [-0.05, 0) is 6.92 Å². The van der Waals surface area contributed by atoms with Crippen LogP contribution in [0.3, 0.4) is 0 Å². The standard InChI is InChI=1S/C8H15NO2/c1-5-6-9-7(2)8(10-3)11-4/h1,7-9H,6H2,2-4H3. The summed E-state index contributed by atoms with van der Waals surface area (Å²) in [6, 6.07) is 0.112. The Morgan fingerprint density at radius 2 is 2.00 bits per heavy atom. The maximum Gasteiger partial charge on any atom is 0.171 e. The van der Waals surface area contributed by atoms with Gasteiger partial charge in [-0.1, -0.05) is 5.92 Å². The zero-order valence-electron chi connectivity index (χ0n) is 7.26. The third-order valence-corrected chi connectivity index (χ3v) is 1.40. The Labute approximate surface area is 68.1 Å². The molecule has 11 heavy (non-hydrogen) atoms. The van der Waals surface area contributed by atoms with Crippen LogP contribution in [0, 0.1) is 12.3 Å². The molecule has 0 amide bonds. The van der Waals surface area contributed by atoms with Gasteiger partial charge in [0, 0.05) is 14.2 Å². The SMILES string of the molecule is C#CCNC(C)C(OC)OC. The lowest BCUT2D eigenvalue weighted by Crippen LogP contribution is -2.39. The van der Waals surface area contributed by atoms with E-state index < -0.39 is 0 Å². The van der Waals surface area contributed by atoms with Gasteiger partial charge in [0.1, 0.15) is 0 Å². The van der Waals surface area contributed by atoms with Crippen LogP contribution in [-0.4, -0.2) is 33.1 Å². The molecular formula is C8H15NO2. The summed E-state index contributed by atoms with van der Waals surface area (Å²) in [5.74, 6) is 2.48. The fraction of sp³-hybridized carbons (Fsp3) is 0.750. The van der Waals surface area contributed by atoms with Gasteiger partial charge in [-0.25, -0.2) is 0 Å². The molecule has 3 heteroatoms. The summed E-state index contributed by atoms with van der Waals surface area (Å²) in [4.78, 5) is 0. The second-order valence-corrected chi connectivity index (χ2v) is 2.21. The van der Waals surface area contributed by atoms with E-state index >= 15 is 0 Å². The van der Waals surface area contributed by atoms with Gasteiger partial charge in [-0.2, -0.15) is 0 Å². The van der Waals surface area contributed by atoms with Crippen LogP contribution in [0.1, 0.15) is 6.92 Å². The van der Waals surface area contributed by atoms with Crippen molar-refractivity contribution in [1.29, 1.82) is 0 Å². The maximum atomic E-state index is 5.07. The van der Waals surface area contributed by atoms with E-state index in [2.05, 4.69) is 11.2 Å². The van der Waals surface area contributed by atoms with Gasteiger partial charge >= 0.3 is 0 Å². The average Bonchev–Trinajstić information content (AvgIpc) is 2.03. The van der Waals surface area contributed by atoms with E-state index in [-0.39, 0.29) is 12.3 Å². The lowest BCUT2D eigenvalue weighted by molar-refractivity contribution is -0.118. The van der Waals surface area contributed by atoms with Crippen LogP contribution in [0.25, 0.3) is 0 Å². The van der Waals surface area contributed by atoms with Crippen molar-refractivity contribution in [3.8, 4) is 12.3 Å². The first-order chi connectivity index (χ1) is 5.26. The second kappa shape index (κ2) is 6.17. The lowest BCUT2D eigenvalue weighted by atomic mass is 10.3. The van der Waals surface area contributed by atoms with Gasteiger partial charge in [-0.15, -0.1) is 6.42 Å². The maximum absolute atomic E-state index is 5.07. The van der Waals surface area contributed by atoms with Crippen molar-refractivity contribution in [1.82, 2.24) is 5.32 Å². The third-order valence-electron chi connectivity index (χ3n) is 1.40. The average molecular weight is 157 g/mol. The molecule has 0 aliphatic rings. The number of methoxy groups -OCH3 is 2. The highest BCUT2D eigenvalue weighted by atomic mass is 16.7. The number of terminal acetylenes is 1. The highest BCUT2D eigenvalue weighted by Gasteiger charge is 2.13. The molecule has 0 aliphatic carbocycles. The zero-order chi connectivity index (χ0) is 8.69. The van der Waals surface area contributed by atoms with Gasteiger partial charge < -0.3 is 9.47 Å². The van der Waals surface area contributed by atoms with E-state index in [1.807, 2.05) is 6.92 Å². The predicted molar refractivity (Wildman–Crippen MR) is 44.1 cm³/mol. The summed E-state index contributed by atoms with van der Waals surface area (Å²) in [7, 11) is 3.20. The third kappa shape index (κ3) is 3.99. The Morgan fingerprint density at radius 1 is 1.45 bits per heavy atom. The normalized spacial score (nSPS) is 13.0. The molecule has 1 unspecified atom stereocenters. The van der Waals surface area contributed by atoms with Gasteiger partial charge in [-0.3, -0.25) is 5.32 Å². The number of rotatable bonds is 5. The zero-order valence-corrected chi connectivity index (χ0v) is 7.26. The van der Waals surface area contributed by atoms with E-state index in [0.717, 1.165) is 0 Å². The van der Waals surface area contributed by atoms with Gasteiger partial charge in [0.2, 0.25) is 0 Å². The van der Waals surface area contributed by atoms with Gasteiger partial charge in [0.05, 0.1) is 12.6 Å². The quantitative estimate of drug-likeness (QED) is 0.457. The number of hydrogen-bond donors (Lipinski definition) is 1. The summed E-state index contributed by atoms with van der Waals surface area (Å²) in [6.07, 6.45) is 4.83. The van der Waals surface area contributed by atoms with Crippen molar-refractivity contribution in [2.24, 2.45) is 0 Å². The summed E-state index contributed by atoms with van der Waals surface area (Å²) >= 11 is 0. The monoisotopic (exact) mass is 157 g/mol. The molecule has 0 saturated heterocycles. The molecule has 3 nitrogen and oxygen atoms in total. The number of ether oxygens (including phenoxy) is 2. The molecule has 0 fully saturated rings. The summed E-state index contributed by atoms with van der Waals surface area (Å²) in [5.41, 5.74) is 0. The molecule has 0 aliphatic heterocycles. The molecule has 0 aromatic rings. The van der Waals surface area contributed by atoms with E-state index in [4.69, 9.17) is 15.9 Å². The van der Waals surface area contributed by atoms with E-state index in [9.17, 15) is 0 Å². The van der Waals surface area contributed by atoms with Crippen molar-refractivity contribution in [3.05, 3.63) is 0 Å². The summed E-state index contributed by atoms with van der Waals surface area (Å²) in [5, 5.41) is 3.05. The molecular weight excluding hydrogens is 142 g/mol. The van der Waals surface area contributed by atoms with Crippen molar-refractivity contribution in [2.45, 2.75) is 19.3 Å². The Hall–Kier alpha value is -0.560. The number of nitrogens with one attached hydrogen (secondary N) is 1. The Kier molecular flexibility index (Phi) is 5.86. The predicted octanol–water partition coefficient (Wildman–Crippen LogP) is 0.217. The lowest BCUT2D eigenvalue weighted by Gasteiger charge is -2.20. The van der Waals surface area contributed by atoms with E-state index in [1.54, 1.807) is 14.2 Å². The van der Waals surface area contributed by atoms with Crippen molar-refractivity contribution < 1.29 is 9.47 Å². The molecule has 0 aromatic heterocycles. The smallest absolute Gasteiger partial charge is 0.171 e. The summed E-state index contributed by atoms with van der Waals surface area (Å²) < 4.78 is 10.0. The van der Waals surface area contributed by atoms with Crippen molar-refractivity contribution >= 4 is 0 Å². The van der Waals surface area contributed by atoms with Crippen LogP contribution >= 0.6 is 0 Å². The minimum Gasteiger partial charge on any atom is -0.354 e. The molecule has 0 bridgehead atoms. The van der Waals surface area contributed by atoms with E-state index in [1.165, 1.54) is 0 Å². The first-order valence-electron chi connectivity index (χ1n) is 3.48. The largest absolute Gasteiger partial charge is 0.354 e. The molecule has 1 atom stereocenters. The highest BCUT2D eigenvalue weighted by Crippen LogP contribution is 1.96. The van der Waals surface area contributed by atoms with Crippen LogP contribution in [0.5, 0.6) is 0 Å². The van der Waals surface area contributed by atoms with Crippen LogP contribution in [-0.2, 0) is 9.47 Å². The molecule has 64 valence electrons. The van der Waals surface area contributed by atoms with Crippen LogP contribution < -0.4 is 5.32 Å².